The smallest absolute Gasteiger partial charge is 0.209 e. The van der Waals surface area contributed by atoms with Crippen molar-refractivity contribution in [2.75, 3.05) is 26.6 Å². The van der Waals surface area contributed by atoms with E-state index in [1.165, 1.54) is 0 Å². The minimum Gasteiger partial charge on any atom is -0.497 e. The molecule has 0 unspecified atom stereocenters. The molecule has 3 aromatic rings. The van der Waals surface area contributed by atoms with Crippen LogP contribution in [-0.2, 0) is 4.79 Å². The van der Waals surface area contributed by atoms with Crippen molar-refractivity contribution in [3.8, 4) is 17.2 Å². The number of carbonyl (C=O) groups excluding carboxylic acids is 1. The van der Waals surface area contributed by atoms with Crippen molar-refractivity contribution in [2.24, 2.45) is 0 Å². The van der Waals surface area contributed by atoms with Crippen LogP contribution in [0.25, 0.3) is 11.0 Å². The van der Waals surface area contributed by atoms with Gasteiger partial charge < -0.3 is 19.5 Å². The number of fused-ring (bicyclic) bond motifs is 3. The number of rotatable bonds is 5. The molecule has 2 heterocycles. The van der Waals surface area contributed by atoms with Gasteiger partial charge in [-0.1, -0.05) is 12.1 Å². The number of hydrogen-bond donors (Lipinski definition) is 1. The summed E-state index contributed by atoms with van der Waals surface area (Å²) in [6.45, 7) is 3.46. The van der Waals surface area contributed by atoms with Gasteiger partial charge in [0.05, 0.1) is 38.4 Å². The number of ether oxygens (including phenoxy) is 3. The Hall–Kier alpha value is -3.48. The van der Waals surface area contributed by atoms with E-state index in [2.05, 4.69) is 5.32 Å². The number of aromatic nitrogens is 2. The van der Waals surface area contributed by atoms with Crippen LogP contribution in [0, 0.1) is 0 Å². The van der Waals surface area contributed by atoms with Gasteiger partial charge in [-0.05, 0) is 32.0 Å². The van der Waals surface area contributed by atoms with Gasteiger partial charge in [-0.15, -0.1) is 0 Å². The van der Waals surface area contributed by atoms with E-state index in [0.717, 1.165) is 22.3 Å². The lowest BCUT2D eigenvalue weighted by Crippen LogP contribution is -2.27. The Bertz CT molecular complexity index is 1150. The van der Waals surface area contributed by atoms with Crippen LogP contribution in [0.5, 0.6) is 17.2 Å². The maximum Gasteiger partial charge on any atom is 0.209 e. The average Bonchev–Trinajstić information content (AvgIpc) is 3.09. The molecule has 0 saturated carbocycles. The van der Waals surface area contributed by atoms with Gasteiger partial charge in [0.2, 0.25) is 5.95 Å². The molecule has 0 aliphatic carbocycles. The van der Waals surface area contributed by atoms with E-state index in [0.29, 0.717) is 28.8 Å². The highest BCUT2D eigenvalue weighted by Gasteiger charge is 2.35. The Labute approximate surface area is 168 Å². The van der Waals surface area contributed by atoms with Crippen molar-refractivity contribution in [3.05, 3.63) is 53.2 Å². The van der Waals surface area contributed by atoms with Gasteiger partial charge in [-0.25, -0.2) is 4.98 Å². The summed E-state index contributed by atoms with van der Waals surface area (Å²) in [7, 11) is 4.76. The summed E-state index contributed by atoms with van der Waals surface area (Å²) < 4.78 is 18.8. The number of nitrogens with zero attached hydrogens (tertiary/aromatic N) is 2. The Kier molecular flexibility index (Phi) is 4.66. The molecule has 0 fully saturated rings. The molecule has 4 rings (SSSR count). The van der Waals surface area contributed by atoms with E-state index < -0.39 is 6.04 Å². The number of allylic oxidation sites excluding steroid dienone is 2. The third-order valence-electron chi connectivity index (χ3n) is 5.22. The third-order valence-corrected chi connectivity index (χ3v) is 5.22. The molecule has 1 aliphatic rings. The summed E-state index contributed by atoms with van der Waals surface area (Å²) in [6.07, 6.45) is 0. The number of methoxy groups -OCH3 is 3. The summed E-state index contributed by atoms with van der Waals surface area (Å²) >= 11 is 0. The number of imidazole rings is 1. The van der Waals surface area contributed by atoms with Crippen molar-refractivity contribution in [3.63, 3.8) is 0 Å². The molecular formula is C22H23N3O4. The highest BCUT2D eigenvalue weighted by Crippen LogP contribution is 2.46. The fourth-order valence-corrected chi connectivity index (χ4v) is 4.00. The van der Waals surface area contributed by atoms with Gasteiger partial charge in [0.15, 0.2) is 17.3 Å². The maximum atomic E-state index is 12.7. The fourth-order valence-electron chi connectivity index (χ4n) is 4.00. The average molecular weight is 393 g/mol. The number of carbonyl (C=O) groups is 1. The molecule has 0 saturated heterocycles. The van der Waals surface area contributed by atoms with Crippen molar-refractivity contribution in [2.45, 2.75) is 19.9 Å². The molecule has 150 valence electrons. The molecule has 7 nitrogen and oxygen atoms in total. The molecule has 1 aliphatic heterocycles. The number of Topliss-reactive ketones (excluding diaryl/α,β-unsaturated/α-hetero) is 1. The first-order chi connectivity index (χ1) is 14.0. The second-order valence-corrected chi connectivity index (χ2v) is 6.87. The minimum absolute atomic E-state index is 0.0349. The first-order valence-electron chi connectivity index (χ1n) is 9.25. The van der Waals surface area contributed by atoms with Crippen LogP contribution in [-0.4, -0.2) is 36.7 Å². The Morgan fingerprint density at radius 2 is 1.86 bits per heavy atom. The van der Waals surface area contributed by atoms with Crippen LogP contribution in [0.15, 0.2) is 47.7 Å². The van der Waals surface area contributed by atoms with Crippen molar-refractivity contribution in [1.82, 2.24) is 9.55 Å². The zero-order valence-corrected chi connectivity index (χ0v) is 17.1. The van der Waals surface area contributed by atoms with Gasteiger partial charge >= 0.3 is 0 Å². The molecule has 2 aromatic carbocycles. The third kappa shape index (κ3) is 2.90. The summed E-state index contributed by atoms with van der Waals surface area (Å²) in [5.41, 5.74) is 3.91. The zero-order chi connectivity index (χ0) is 20.7. The number of benzene rings is 2. The SMILES string of the molecule is COc1cc(OC)c(OC)c([C@@H]2C(C(C)=O)=C(C)Nc3nc4ccccc4n32)c1. The normalized spacial score (nSPS) is 15.7. The summed E-state index contributed by atoms with van der Waals surface area (Å²) in [4.78, 5) is 17.5. The van der Waals surface area contributed by atoms with E-state index >= 15 is 0 Å². The maximum absolute atomic E-state index is 12.7. The number of nitrogens with one attached hydrogen (secondary N) is 1. The quantitative estimate of drug-likeness (QED) is 0.708. The lowest BCUT2D eigenvalue weighted by atomic mass is 9.91. The first-order valence-corrected chi connectivity index (χ1v) is 9.25. The van der Waals surface area contributed by atoms with Gasteiger partial charge in [-0.3, -0.25) is 9.36 Å². The molecule has 0 spiro atoms. The zero-order valence-electron chi connectivity index (χ0n) is 17.1. The molecule has 0 radical (unpaired) electrons. The van der Waals surface area contributed by atoms with Gasteiger partial charge in [0, 0.05) is 22.9 Å². The predicted molar refractivity (Wildman–Crippen MR) is 111 cm³/mol. The monoisotopic (exact) mass is 393 g/mol. The van der Waals surface area contributed by atoms with Gasteiger partial charge in [0.1, 0.15) is 5.75 Å². The topological polar surface area (TPSA) is 74.6 Å². The van der Waals surface area contributed by atoms with Crippen molar-refractivity contribution < 1.29 is 19.0 Å². The van der Waals surface area contributed by atoms with E-state index in [9.17, 15) is 4.79 Å². The Morgan fingerprint density at radius 3 is 2.52 bits per heavy atom. The Balaban J connectivity index is 2.10. The van der Waals surface area contributed by atoms with Crippen LogP contribution in [0.1, 0.15) is 25.5 Å². The highest BCUT2D eigenvalue weighted by molar-refractivity contribution is 5.98. The van der Waals surface area contributed by atoms with Crippen LogP contribution in [0.2, 0.25) is 0 Å². The minimum atomic E-state index is -0.449. The summed E-state index contributed by atoms with van der Waals surface area (Å²) in [6, 6.07) is 11.0. The molecule has 1 N–H and O–H groups in total. The first kappa shape index (κ1) is 18.9. The summed E-state index contributed by atoms with van der Waals surface area (Å²) in [5.74, 6) is 2.33. The number of anilines is 1. The second-order valence-electron chi connectivity index (χ2n) is 6.87. The molecule has 0 bridgehead atoms. The molecule has 7 heteroatoms. The lowest BCUT2D eigenvalue weighted by Gasteiger charge is -2.31. The predicted octanol–water partition coefficient (Wildman–Crippen LogP) is 3.94. The molecule has 1 atom stereocenters. The number of ketones is 1. The van der Waals surface area contributed by atoms with Gasteiger partial charge in [-0.2, -0.15) is 0 Å². The lowest BCUT2D eigenvalue weighted by molar-refractivity contribution is -0.114. The number of hydrogen-bond acceptors (Lipinski definition) is 6. The highest BCUT2D eigenvalue weighted by atomic mass is 16.5. The van der Waals surface area contributed by atoms with Crippen LogP contribution < -0.4 is 19.5 Å². The fraction of sp³-hybridized carbons (Fsp3) is 0.273. The molecule has 0 amide bonds. The van der Waals surface area contributed by atoms with Crippen molar-refractivity contribution in [1.29, 1.82) is 0 Å². The summed E-state index contributed by atoms with van der Waals surface area (Å²) in [5, 5.41) is 3.28. The van der Waals surface area contributed by atoms with Gasteiger partial charge in [0.25, 0.3) is 0 Å². The van der Waals surface area contributed by atoms with Crippen LogP contribution >= 0.6 is 0 Å². The second kappa shape index (κ2) is 7.16. The largest absolute Gasteiger partial charge is 0.497 e. The van der Waals surface area contributed by atoms with E-state index in [-0.39, 0.29) is 5.78 Å². The van der Waals surface area contributed by atoms with E-state index in [4.69, 9.17) is 19.2 Å². The van der Waals surface area contributed by atoms with Crippen LogP contribution in [0.4, 0.5) is 5.95 Å². The van der Waals surface area contributed by atoms with Crippen LogP contribution in [0.3, 0.4) is 0 Å². The number of para-hydroxylation sites is 2. The molecule has 29 heavy (non-hydrogen) atoms. The molecular weight excluding hydrogens is 370 g/mol. The van der Waals surface area contributed by atoms with E-state index in [1.54, 1.807) is 34.3 Å². The molecule has 1 aromatic heterocycles. The Morgan fingerprint density at radius 1 is 1.10 bits per heavy atom. The van der Waals surface area contributed by atoms with Crippen molar-refractivity contribution >= 4 is 22.8 Å². The van der Waals surface area contributed by atoms with E-state index in [1.807, 2.05) is 41.8 Å². The standard InChI is InChI=1S/C22H23N3O4/c1-12-19(13(2)26)20(15-10-14(27-3)11-18(28-4)21(15)29-5)25-17-9-7-6-8-16(17)24-22(25)23-12/h6-11,20H,1-5H3,(H,23,24)/t20-/m1/s1.